The number of rotatable bonds is 10. The van der Waals surface area contributed by atoms with Crippen molar-refractivity contribution < 1.29 is 32.2 Å². The van der Waals surface area contributed by atoms with Crippen molar-refractivity contribution in [3.63, 3.8) is 0 Å². The number of carbonyl (C=O) groups excluding carboxylic acids is 2. The van der Waals surface area contributed by atoms with Crippen LogP contribution < -0.4 is 14.8 Å². The predicted octanol–water partition coefficient (Wildman–Crippen LogP) is 3.85. The van der Waals surface area contributed by atoms with Gasteiger partial charge in [0.05, 0.1) is 25.7 Å². The highest BCUT2D eigenvalue weighted by atomic mass is 19.4. The van der Waals surface area contributed by atoms with Crippen molar-refractivity contribution in [3.05, 3.63) is 23.8 Å². The van der Waals surface area contributed by atoms with Crippen LogP contribution in [0.15, 0.2) is 18.2 Å². The zero-order chi connectivity index (χ0) is 22.3. The third-order valence-electron chi connectivity index (χ3n) is 5.01. The molecule has 1 aromatic carbocycles. The van der Waals surface area contributed by atoms with Crippen LogP contribution >= 0.6 is 0 Å². The molecule has 2 atom stereocenters. The third kappa shape index (κ3) is 6.81. The fraction of sp³-hybridized carbons (Fsp3) is 0.619. The second-order valence-electron chi connectivity index (χ2n) is 7.49. The monoisotopic (exact) mass is 430 g/mol. The Labute approximate surface area is 174 Å². The van der Waals surface area contributed by atoms with Crippen molar-refractivity contribution in [2.24, 2.45) is 5.92 Å². The lowest BCUT2D eigenvalue weighted by Crippen LogP contribution is -2.37. The number of nitrogens with zero attached hydrogens (tertiary/aromatic N) is 1. The van der Waals surface area contributed by atoms with Crippen LogP contribution in [0.25, 0.3) is 0 Å². The molecule has 0 aromatic heterocycles. The molecule has 2 unspecified atom stereocenters. The van der Waals surface area contributed by atoms with Gasteiger partial charge in [-0.15, -0.1) is 0 Å². The number of unbranched alkanes of at least 4 members (excludes halogenated alkanes) is 2. The van der Waals surface area contributed by atoms with Gasteiger partial charge in [-0.05, 0) is 31.0 Å². The molecule has 1 fully saturated rings. The number of methoxy groups -OCH3 is 1. The zero-order valence-corrected chi connectivity index (χ0v) is 17.6. The molecular formula is C21H29F3N2O4. The number of ether oxygens (including phenoxy) is 2. The van der Waals surface area contributed by atoms with E-state index in [1.165, 1.54) is 7.11 Å². The molecule has 0 spiro atoms. The van der Waals surface area contributed by atoms with E-state index in [4.69, 9.17) is 9.47 Å². The minimum Gasteiger partial charge on any atom is -0.493 e. The summed E-state index contributed by atoms with van der Waals surface area (Å²) >= 11 is 0. The highest BCUT2D eigenvalue weighted by Gasteiger charge is 2.40. The maximum atomic E-state index is 12.5. The maximum absolute atomic E-state index is 12.5. The predicted molar refractivity (Wildman–Crippen MR) is 105 cm³/mol. The summed E-state index contributed by atoms with van der Waals surface area (Å²) in [4.78, 5) is 25.0. The van der Waals surface area contributed by atoms with Gasteiger partial charge in [0.15, 0.2) is 11.5 Å². The number of likely N-dealkylation sites (tertiary alicyclic amines) is 1. The normalized spacial score (nSPS) is 17.7. The van der Waals surface area contributed by atoms with Gasteiger partial charge in [0.2, 0.25) is 11.8 Å². The first-order valence-electron chi connectivity index (χ1n) is 10.1. The second kappa shape index (κ2) is 10.5. The Hall–Kier alpha value is -2.45. The van der Waals surface area contributed by atoms with Crippen LogP contribution in [0.2, 0.25) is 0 Å². The summed E-state index contributed by atoms with van der Waals surface area (Å²) in [5.74, 6) is -0.756. The van der Waals surface area contributed by atoms with Gasteiger partial charge < -0.3 is 19.7 Å². The van der Waals surface area contributed by atoms with E-state index >= 15 is 0 Å². The van der Waals surface area contributed by atoms with Gasteiger partial charge in [-0.25, -0.2) is 0 Å². The van der Waals surface area contributed by atoms with Crippen LogP contribution in [0.4, 0.5) is 13.2 Å². The summed E-state index contributed by atoms with van der Waals surface area (Å²) in [6.07, 6.45) is -1.59. The van der Waals surface area contributed by atoms with Gasteiger partial charge in [0, 0.05) is 13.0 Å². The molecule has 1 aromatic rings. The number of halogens is 3. The molecule has 0 aliphatic carbocycles. The molecule has 0 saturated carbocycles. The quantitative estimate of drug-likeness (QED) is 0.573. The third-order valence-corrected chi connectivity index (χ3v) is 5.01. The number of hydrogen-bond donors (Lipinski definition) is 1. The minimum absolute atomic E-state index is 0.220. The maximum Gasteiger partial charge on any atom is 0.406 e. The van der Waals surface area contributed by atoms with E-state index in [-0.39, 0.29) is 13.0 Å². The lowest BCUT2D eigenvalue weighted by molar-refractivity contribution is -0.157. The smallest absolute Gasteiger partial charge is 0.406 e. The Kier molecular flexibility index (Phi) is 8.37. The molecule has 2 rings (SSSR count). The summed E-state index contributed by atoms with van der Waals surface area (Å²) in [7, 11) is 1.53. The summed E-state index contributed by atoms with van der Waals surface area (Å²) in [6, 6.07) is 4.92. The number of amides is 2. The van der Waals surface area contributed by atoms with Crippen molar-refractivity contribution in [3.8, 4) is 11.5 Å². The number of carbonyl (C=O) groups is 2. The van der Waals surface area contributed by atoms with Crippen molar-refractivity contribution in [1.82, 2.24) is 10.2 Å². The minimum atomic E-state index is -4.48. The summed E-state index contributed by atoms with van der Waals surface area (Å²) in [5.41, 5.74) is 0.762. The average Bonchev–Trinajstić information content (AvgIpc) is 3.04. The van der Waals surface area contributed by atoms with E-state index in [1.807, 2.05) is 0 Å². The molecule has 1 N–H and O–H groups in total. The van der Waals surface area contributed by atoms with E-state index in [2.05, 4.69) is 12.2 Å². The Bertz CT molecular complexity index is 739. The summed E-state index contributed by atoms with van der Waals surface area (Å²) in [6.45, 7) is 2.89. The van der Waals surface area contributed by atoms with Crippen molar-refractivity contribution in [1.29, 1.82) is 0 Å². The molecular weight excluding hydrogens is 401 g/mol. The van der Waals surface area contributed by atoms with Crippen LogP contribution in [-0.4, -0.2) is 49.7 Å². The zero-order valence-electron chi connectivity index (χ0n) is 17.6. The largest absolute Gasteiger partial charge is 0.493 e. The van der Waals surface area contributed by atoms with E-state index in [1.54, 1.807) is 25.1 Å². The van der Waals surface area contributed by atoms with E-state index in [9.17, 15) is 22.8 Å². The highest BCUT2D eigenvalue weighted by Crippen LogP contribution is 2.31. The first-order chi connectivity index (χ1) is 14.1. The van der Waals surface area contributed by atoms with Gasteiger partial charge in [-0.1, -0.05) is 25.8 Å². The van der Waals surface area contributed by atoms with E-state index in [0.717, 1.165) is 24.8 Å². The van der Waals surface area contributed by atoms with Crippen LogP contribution in [0.5, 0.6) is 11.5 Å². The first-order valence-corrected chi connectivity index (χ1v) is 10.1. The van der Waals surface area contributed by atoms with Crippen LogP contribution in [0.3, 0.4) is 0 Å². The summed E-state index contributed by atoms with van der Waals surface area (Å²) < 4.78 is 48.8. The Morgan fingerprint density at radius 3 is 2.67 bits per heavy atom. The molecule has 1 aliphatic rings. The van der Waals surface area contributed by atoms with Gasteiger partial charge in [-0.2, -0.15) is 13.2 Å². The Balaban J connectivity index is 1.95. The number of alkyl halides is 3. The van der Waals surface area contributed by atoms with Crippen molar-refractivity contribution >= 4 is 11.8 Å². The van der Waals surface area contributed by atoms with Crippen molar-refractivity contribution in [2.45, 2.75) is 51.7 Å². The van der Waals surface area contributed by atoms with Crippen LogP contribution in [0, 0.1) is 5.92 Å². The molecule has 1 saturated heterocycles. The number of nitrogens with one attached hydrogen (secondary N) is 1. The Morgan fingerprint density at radius 2 is 2.03 bits per heavy atom. The average molecular weight is 430 g/mol. The number of benzene rings is 1. The fourth-order valence-electron chi connectivity index (χ4n) is 3.34. The molecule has 9 heteroatoms. The molecule has 0 bridgehead atoms. The standard InChI is InChI=1S/C21H29F3N2O4/c1-4-5-6-9-30-17-8-7-15(10-18(17)29-3)14(2)25-20(28)16-11-19(27)26(12-16)13-21(22,23)24/h7-8,10,14,16H,4-6,9,11-13H2,1-3H3,(H,25,28). The van der Waals surface area contributed by atoms with Gasteiger partial charge in [-0.3, -0.25) is 9.59 Å². The molecule has 30 heavy (non-hydrogen) atoms. The molecule has 168 valence electrons. The first kappa shape index (κ1) is 23.8. The van der Waals surface area contributed by atoms with Crippen LogP contribution in [0.1, 0.15) is 51.1 Å². The Morgan fingerprint density at radius 1 is 1.30 bits per heavy atom. The lowest BCUT2D eigenvalue weighted by atomic mass is 10.0. The molecule has 0 radical (unpaired) electrons. The molecule has 1 aliphatic heterocycles. The number of hydrogen-bond acceptors (Lipinski definition) is 4. The van der Waals surface area contributed by atoms with Crippen molar-refractivity contribution in [2.75, 3.05) is 26.8 Å². The SMILES string of the molecule is CCCCCOc1ccc(C(C)NC(=O)C2CC(=O)N(CC(F)(F)F)C2)cc1OC. The van der Waals surface area contributed by atoms with Gasteiger partial charge in [0.1, 0.15) is 6.54 Å². The molecule has 2 amide bonds. The van der Waals surface area contributed by atoms with Gasteiger partial charge >= 0.3 is 6.18 Å². The molecule has 6 nitrogen and oxygen atoms in total. The lowest BCUT2D eigenvalue weighted by Gasteiger charge is -2.20. The van der Waals surface area contributed by atoms with E-state index in [0.29, 0.717) is 23.0 Å². The summed E-state index contributed by atoms with van der Waals surface area (Å²) in [5, 5.41) is 2.78. The highest BCUT2D eigenvalue weighted by molar-refractivity contribution is 5.89. The fourth-order valence-corrected chi connectivity index (χ4v) is 3.34. The van der Waals surface area contributed by atoms with Gasteiger partial charge in [0.25, 0.3) is 0 Å². The topological polar surface area (TPSA) is 67.9 Å². The van der Waals surface area contributed by atoms with Crippen LogP contribution in [-0.2, 0) is 9.59 Å². The second-order valence-corrected chi connectivity index (χ2v) is 7.49. The molecule has 1 heterocycles. The van der Waals surface area contributed by atoms with E-state index < -0.39 is 36.5 Å².